The number of aliphatic hydroxyl groups is 1. The molecule has 0 spiro atoms. The monoisotopic (exact) mass is 265 g/mol. The Morgan fingerprint density at radius 1 is 1.16 bits per heavy atom. The van der Waals surface area contributed by atoms with Gasteiger partial charge in [-0.3, -0.25) is 0 Å². The molecule has 0 saturated heterocycles. The van der Waals surface area contributed by atoms with E-state index in [2.05, 4.69) is 28.6 Å². The van der Waals surface area contributed by atoms with Crippen molar-refractivity contribution in [3.05, 3.63) is 11.6 Å². The fourth-order valence-electron chi connectivity index (χ4n) is 3.31. The Morgan fingerprint density at radius 2 is 1.89 bits per heavy atom. The summed E-state index contributed by atoms with van der Waals surface area (Å²) < 4.78 is 2.09. The maximum absolute atomic E-state index is 9.28. The summed E-state index contributed by atoms with van der Waals surface area (Å²) in [6.45, 7) is 5.21. The van der Waals surface area contributed by atoms with Crippen LogP contribution in [0, 0.1) is 5.92 Å². The van der Waals surface area contributed by atoms with E-state index >= 15 is 0 Å². The van der Waals surface area contributed by atoms with Crippen LogP contribution in [0.4, 0.5) is 0 Å². The molecule has 1 fully saturated rings. The Hall–Kier alpha value is -0.900. The first-order valence-corrected chi connectivity index (χ1v) is 7.82. The molecule has 0 unspecified atom stereocenters. The number of hydrogen-bond acceptors (Lipinski definition) is 3. The van der Waals surface area contributed by atoms with Crippen LogP contribution in [0.25, 0.3) is 0 Å². The van der Waals surface area contributed by atoms with E-state index in [0.29, 0.717) is 11.7 Å². The largest absolute Gasteiger partial charge is 0.388 e. The molecule has 0 atom stereocenters. The molecule has 1 aromatic rings. The van der Waals surface area contributed by atoms with E-state index in [1.54, 1.807) is 0 Å². The topological polar surface area (TPSA) is 50.9 Å². The Bertz CT molecular complexity index is 381. The fourth-order valence-corrected chi connectivity index (χ4v) is 3.31. The van der Waals surface area contributed by atoms with Crippen molar-refractivity contribution in [3.8, 4) is 0 Å². The van der Waals surface area contributed by atoms with E-state index in [0.717, 1.165) is 18.3 Å². The minimum atomic E-state index is -0.00726. The van der Waals surface area contributed by atoms with Gasteiger partial charge in [-0.05, 0) is 38.5 Å². The SMILES string of the molecule is CCCCC1CCC(c2nnc(CO)n2CC)CC1. The lowest BCUT2D eigenvalue weighted by atomic mass is 9.79. The molecule has 1 heterocycles. The first-order chi connectivity index (χ1) is 9.30. The van der Waals surface area contributed by atoms with Crippen LogP contribution >= 0.6 is 0 Å². The third-order valence-electron chi connectivity index (χ3n) is 4.49. The predicted octanol–water partition coefficient (Wildman–Crippen LogP) is 3.25. The maximum atomic E-state index is 9.28. The molecule has 1 aliphatic carbocycles. The molecule has 0 radical (unpaired) electrons. The van der Waals surface area contributed by atoms with E-state index in [-0.39, 0.29) is 6.61 Å². The Morgan fingerprint density at radius 3 is 2.47 bits per heavy atom. The van der Waals surface area contributed by atoms with E-state index < -0.39 is 0 Å². The van der Waals surface area contributed by atoms with Gasteiger partial charge in [0.2, 0.25) is 0 Å². The smallest absolute Gasteiger partial charge is 0.158 e. The van der Waals surface area contributed by atoms with Crippen molar-refractivity contribution in [3.63, 3.8) is 0 Å². The number of nitrogens with zero attached hydrogens (tertiary/aromatic N) is 3. The maximum Gasteiger partial charge on any atom is 0.158 e. The van der Waals surface area contributed by atoms with E-state index in [1.807, 2.05) is 0 Å². The van der Waals surface area contributed by atoms with Crippen LogP contribution in [0.1, 0.15) is 76.4 Å². The molecule has 4 heteroatoms. The molecule has 1 aliphatic rings. The number of unbranched alkanes of at least 4 members (excludes halogenated alkanes) is 1. The molecule has 0 bridgehead atoms. The highest BCUT2D eigenvalue weighted by molar-refractivity contribution is 5.03. The molecular weight excluding hydrogens is 238 g/mol. The second kappa shape index (κ2) is 7.04. The molecule has 108 valence electrons. The van der Waals surface area contributed by atoms with Gasteiger partial charge in [-0.1, -0.05) is 26.2 Å². The summed E-state index contributed by atoms with van der Waals surface area (Å²) >= 11 is 0. The summed E-state index contributed by atoms with van der Waals surface area (Å²) in [5, 5.41) is 17.7. The third kappa shape index (κ3) is 3.35. The van der Waals surface area contributed by atoms with Crippen molar-refractivity contribution in [1.29, 1.82) is 0 Å². The Kier molecular flexibility index (Phi) is 5.37. The van der Waals surface area contributed by atoms with Gasteiger partial charge in [0.1, 0.15) is 12.4 Å². The average Bonchev–Trinajstić information content (AvgIpc) is 2.88. The first-order valence-electron chi connectivity index (χ1n) is 7.82. The molecule has 0 aliphatic heterocycles. The van der Waals surface area contributed by atoms with Crippen LogP contribution in [0.3, 0.4) is 0 Å². The molecule has 0 aromatic carbocycles. The van der Waals surface area contributed by atoms with Crippen LogP contribution in [0.2, 0.25) is 0 Å². The van der Waals surface area contributed by atoms with Gasteiger partial charge < -0.3 is 9.67 Å². The van der Waals surface area contributed by atoms with Crippen molar-refractivity contribution in [2.75, 3.05) is 0 Å². The lowest BCUT2D eigenvalue weighted by Crippen LogP contribution is -2.17. The van der Waals surface area contributed by atoms with Crippen molar-refractivity contribution in [2.45, 2.75) is 77.9 Å². The van der Waals surface area contributed by atoms with E-state index in [4.69, 9.17) is 0 Å². The minimum Gasteiger partial charge on any atom is -0.388 e. The number of aliphatic hydroxyl groups excluding tert-OH is 1. The highest BCUT2D eigenvalue weighted by Gasteiger charge is 2.26. The highest BCUT2D eigenvalue weighted by atomic mass is 16.3. The average molecular weight is 265 g/mol. The van der Waals surface area contributed by atoms with Gasteiger partial charge in [0.05, 0.1) is 0 Å². The summed E-state index contributed by atoms with van der Waals surface area (Å²) in [4.78, 5) is 0. The lowest BCUT2D eigenvalue weighted by Gasteiger charge is -2.28. The summed E-state index contributed by atoms with van der Waals surface area (Å²) in [5.41, 5.74) is 0. The van der Waals surface area contributed by atoms with Gasteiger partial charge >= 0.3 is 0 Å². The van der Waals surface area contributed by atoms with Gasteiger partial charge in [0, 0.05) is 12.5 Å². The summed E-state index contributed by atoms with van der Waals surface area (Å²) in [7, 11) is 0. The van der Waals surface area contributed by atoms with Gasteiger partial charge in [-0.2, -0.15) is 0 Å². The number of rotatable bonds is 6. The molecule has 19 heavy (non-hydrogen) atoms. The highest BCUT2D eigenvalue weighted by Crippen LogP contribution is 2.37. The Labute approximate surface area is 116 Å². The normalized spacial score (nSPS) is 23.7. The molecule has 4 nitrogen and oxygen atoms in total. The van der Waals surface area contributed by atoms with E-state index in [9.17, 15) is 5.11 Å². The number of aromatic nitrogens is 3. The zero-order chi connectivity index (χ0) is 13.7. The van der Waals surface area contributed by atoms with Crippen molar-refractivity contribution in [1.82, 2.24) is 14.8 Å². The molecule has 0 amide bonds. The van der Waals surface area contributed by atoms with Crippen LogP contribution in [-0.4, -0.2) is 19.9 Å². The molecular formula is C15H27N3O. The Balaban J connectivity index is 1.95. The second-order valence-corrected chi connectivity index (χ2v) is 5.74. The summed E-state index contributed by atoms with van der Waals surface area (Å²) in [6, 6.07) is 0. The number of hydrogen-bond donors (Lipinski definition) is 1. The minimum absolute atomic E-state index is 0.00726. The van der Waals surface area contributed by atoms with Crippen LogP contribution in [0.15, 0.2) is 0 Å². The standard InChI is InChI=1S/C15H27N3O/c1-3-5-6-12-7-9-13(10-8-12)15-17-16-14(11-19)18(15)4-2/h12-13,19H,3-11H2,1-2H3. The van der Waals surface area contributed by atoms with Crippen LogP contribution in [-0.2, 0) is 13.2 Å². The predicted molar refractivity (Wildman–Crippen MR) is 75.8 cm³/mol. The van der Waals surface area contributed by atoms with Gasteiger partial charge in [0.15, 0.2) is 5.82 Å². The van der Waals surface area contributed by atoms with Crippen molar-refractivity contribution < 1.29 is 5.11 Å². The molecule has 1 saturated carbocycles. The van der Waals surface area contributed by atoms with Crippen molar-refractivity contribution >= 4 is 0 Å². The lowest BCUT2D eigenvalue weighted by molar-refractivity contribution is 0.262. The molecule has 1 N–H and O–H groups in total. The zero-order valence-corrected chi connectivity index (χ0v) is 12.3. The quantitative estimate of drug-likeness (QED) is 0.859. The zero-order valence-electron chi connectivity index (χ0n) is 12.3. The third-order valence-corrected chi connectivity index (χ3v) is 4.49. The first kappa shape index (κ1) is 14.5. The van der Waals surface area contributed by atoms with Gasteiger partial charge in [-0.25, -0.2) is 0 Å². The van der Waals surface area contributed by atoms with Crippen LogP contribution in [0.5, 0.6) is 0 Å². The summed E-state index contributed by atoms with van der Waals surface area (Å²) in [5.74, 6) is 3.28. The summed E-state index contributed by atoms with van der Waals surface area (Å²) in [6.07, 6.45) is 9.20. The van der Waals surface area contributed by atoms with Crippen molar-refractivity contribution in [2.24, 2.45) is 5.92 Å². The fraction of sp³-hybridized carbons (Fsp3) is 0.867. The molecule has 2 rings (SSSR count). The molecule has 1 aromatic heterocycles. The van der Waals surface area contributed by atoms with Gasteiger partial charge in [0.25, 0.3) is 0 Å². The second-order valence-electron chi connectivity index (χ2n) is 5.74. The van der Waals surface area contributed by atoms with Crippen LogP contribution < -0.4 is 0 Å². The van der Waals surface area contributed by atoms with E-state index in [1.165, 1.54) is 44.9 Å². The van der Waals surface area contributed by atoms with Gasteiger partial charge in [-0.15, -0.1) is 10.2 Å².